The van der Waals surface area contributed by atoms with E-state index in [1.54, 1.807) is 12.1 Å². The molecule has 0 radical (unpaired) electrons. The Labute approximate surface area is 178 Å². The molecule has 1 N–H and O–H groups in total. The molecule has 0 saturated carbocycles. The van der Waals surface area contributed by atoms with Gasteiger partial charge in [-0.2, -0.15) is 0 Å². The Hall–Kier alpha value is -2.67. The molecule has 2 heterocycles. The van der Waals surface area contributed by atoms with Crippen molar-refractivity contribution >= 4 is 5.96 Å². The largest absolute Gasteiger partial charge is 0.494 e. The molecule has 0 bridgehead atoms. The van der Waals surface area contributed by atoms with Crippen LogP contribution in [0.15, 0.2) is 41.5 Å². The number of rotatable bonds is 7. The second kappa shape index (κ2) is 10.9. The zero-order valence-corrected chi connectivity index (χ0v) is 18.2. The summed E-state index contributed by atoms with van der Waals surface area (Å²) in [7, 11) is 1.48. The van der Waals surface area contributed by atoms with Crippen molar-refractivity contribution in [3.8, 4) is 5.75 Å². The highest BCUT2D eigenvalue weighted by atomic mass is 19.1. The molecule has 3 rings (SSSR count). The summed E-state index contributed by atoms with van der Waals surface area (Å²) in [4.78, 5) is 13.8. The molecule has 1 saturated heterocycles. The zero-order chi connectivity index (χ0) is 21.3. The number of piperazine rings is 1. The van der Waals surface area contributed by atoms with E-state index in [9.17, 15) is 4.39 Å². The maximum atomic E-state index is 13.9. The highest BCUT2D eigenvalue weighted by Gasteiger charge is 2.20. The third-order valence-electron chi connectivity index (χ3n) is 5.26. The van der Waals surface area contributed by atoms with Crippen molar-refractivity contribution in [1.29, 1.82) is 0 Å². The van der Waals surface area contributed by atoms with E-state index in [0.717, 1.165) is 69.5 Å². The quantitative estimate of drug-likeness (QED) is 0.559. The number of benzene rings is 1. The number of aromatic nitrogens is 1. The first-order valence-electron chi connectivity index (χ1n) is 10.6. The first-order valence-corrected chi connectivity index (χ1v) is 10.6. The van der Waals surface area contributed by atoms with E-state index in [2.05, 4.69) is 33.1 Å². The summed E-state index contributed by atoms with van der Waals surface area (Å²) in [6.07, 6.45) is 2.81. The third kappa shape index (κ3) is 6.16. The smallest absolute Gasteiger partial charge is 0.194 e. The molecule has 1 aliphatic rings. The van der Waals surface area contributed by atoms with Crippen LogP contribution in [0.5, 0.6) is 5.75 Å². The molecule has 0 amide bonds. The van der Waals surface area contributed by atoms with Crippen LogP contribution < -0.4 is 10.1 Å². The van der Waals surface area contributed by atoms with Crippen LogP contribution >= 0.6 is 0 Å². The monoisotopic (exact) mass is 413 g/mol. The van der Waals surface area contributed by atoms with Gasteiger partial charge in [0.25, 0.3) is 0 Å². The summed E-state index contributed by atoms with van der Waals surface area (Å²) in [6.45, 7) is 10.0. The fraction of sp³-hybridized carbons (Fsp3) is 0.478. The van der Waals surface area contributed by atoms with Crippen LogP contribution in [-0.2, 0) is 13.0 Å². The van der Waals surface area contributed by atoms with E-state index in [4.69, 9.17) is 9.73 Å². The molecule has 2 aromatic rings. The number of hydrogen-bond donors (Lipinski definition) is 1. The van der Waals surface area contributed by atoms with Gasteiger partial charge in [-0.1, -0.05) is 12.1 Å². The minimum atomic E-state index is -0.307. The first kappa shape index (κ1) is 22.0. The van der Waals surface area contributed by atoms with E-state index < -0.39 is 0 Å². The number of guanidine groups is 1. The van der Waals surface area contributed by atoms with E-state index in [1.807, 2.05) is 25.3 Å². The van der Waals surface area contributed by atoms with Crippen molar-refractivity contribution < 1.29 is 9.13 Å². The van der Waals surface area contributed by atoms with E-state index in [0.29, 0.717) is 0 Å². The molecule has 1 aromatic heterocycles. The van der Waals surface area contributed by atoms with Gasteiger partial charge in [0.05, 0.1) is 7.11 Å². The Kier molecular flexibility index (Phi) is 8.02. The topological polar surface area (TPSA) is 53.0 Å². The molecule has 1 aromatic carbocycles. The van der Waals surface area contributed by atoms with Crippen LogP contribution in [0.25, 0.3) is 0 Å². The van der Waals surface area contributed by atoms with E-state index >= 15 is 0 Å². The fourth-order valence-corrected chi connectivity index (χ4v) is 3.55. The average Bonchev–Trinajstić information content (AvgIpc) is 2.75. The van der Waals surface area contributed by atoms with Crippen LogP contribution in [0.4, 0.5) is 4.39 Å². The predicted molar refractivity (Wildman–Crippen MR) is 118 cm³/mol. The molecular formula is C23H32FN5O. The maximum Gasteiger partial charge on any atom is 0.194 e. The van der Waals surface area contributed by atoms with Gasteiger partial charge in [0.1, 0.15) is 0 Å². The van der Waals surface area contributed by atoms with Gasteiger partial charge in [0.2, 0.25) is 0 Å². The number of ether oxygens (including phenoxy) is 1. The van der Waals surface area contributed by atoms with Gasteiger partial charge in [-0.05, 0) is 49.6 Å². The summed E-state index contributed by atoms with van der Waals surface area (Å²) in [5.74, 6) is 0.947. The first-order chi connectivity index (χ1) is 14.6. The fourth-order valence-electron chi connectivity index (χ4n) is 3.55. The highest BCUT2D eigenvalue weighted by Crippen LogP contribution is 2.19. The number of nitrogens with zero attached hydrogens (tertiary/aromatic N) is 4. The van der Waals surface area contributed by atoms with Crippen LogP contribution in [0, 0.1) is 12.7 Å². The Bertz CT molecular complexity index is 832. The van der Waals surface area contributed by atoms with Crippen molar-refractivity contribution in [1.82, 2.24) is 20.1 Å². The predicted octanol–water partition coefficient (Wildman–Crippen LogP) is 2.86. The molecule has 1 fully saturated rings. The van der Waals surface area contributed by atoms with Crippen molar-refractivity contribution in [2.24, 2.45) is 4.99 Å². The number of nitrogens with one attached hydrogen (secondary N) is 1. The molecular weight excluding hydrogens is 381 g/mol. The van der Waals surface area contributed by atoms with E-state index in [-0.39, 0.29) is 11.6 Å². The number of aliphatic imine (C=N–C) groups is 1. The molecule has 1 aliphatic heterocycles. The Morgan fingerprint density at radius 1 is 1.17 bits per heavy atom. The Morgan fingerprint density at radius 3 is 2.57 bits per heavy atom. The second-order valence-electron chi connectivity index (χ2n) is 7.53. The van der Waals surface area contributed by atoms with E-state index in [1.165, 1.54) is 12.7 Å². The molecule has 30 heavy (non-hydrogen) atoms. The minimum absolute atomic E-state index is 0.288. The lowest BCUT2D eigenvalue weighted by molar-refractivity contribution is 0.172. The summed E-state index contributed by atoms with van der Waals surface area (Å²) in [6, 6.07) is 9.35. The molecule has 7 heteroatoms. The maximum absolute atomic E-state index is 13.9. The Morgan fingerprint density at radius 2 is 1.93 bits per heavy atom. The molecule has 0 spiro atoms. The van der Waals surface area contributed by atoms with Crippen molar-refractivity contribution in [3.05, 3.63) is 59.2 Å². The van der Waals surface area contributed by atoms with Gasteiger partial charge < -0.3 is 15.0 Å². The second-order valence-corrected chi connectivity index (χ2v) is 7.53. The highest BCUT2D eigenvalue weighted by molar-refractivity contribution is 5.80. The summed E-state index contributed by atoms with van der Waals surface area (Å²) >= 11 is 0. The lowest BCUT2D eigenvalue weighted by Crippen LogP contribution is -2.52. The Balaban J connectivity index is 1.51. The zero-order valence-electron chi connectivity index (χ0n) is 18.2. The van der Waals surface area contributed by atoms with Crippen LogP contribution in [0.1, 0.15) is 23.7 Å². The lowest BCUT2D eigenvalue weighted by Gasteiger charge is -2.36. The number of methoxy groups -OCH3 is 1. The number of aryl methyl sites for hydroxylation is 1. The molecule has 0 atom stereocenters. The van der Waals surface area contributed by atoms with Gasteiger partial charge in [0.15, 0.2) is 17.5 Å². The molecule has 0 aliphatic carbocycles. The van der Waals surface area contributed by atoms with Crippen molar-refractivity contribution in [3.63, 3.8) is 0 Å². The normalized spacial score (nSPS) is 15.3. The van der Waals surface area contributed by atoms with Gasteiger partial charge in [0, 0.05) is 57.7 Å². The van der Waals surface area contributed by atoms with Gasteiger partial charge in [-0.15, -0.1) is 0 Å². The van der Waals surface area contributed by atoms with Gasteiger partial charge in [-0.25, -0.2) is 4.39 Å². The molecule has 6 nitrogen and oxygen atoms in total. The average molecular weight is 414 g/mol. The lowest BCUT2D eigenvalue weighted by atomic mass is 10.2. The summed E-state index contributed by atoms with van der Waals surface area (Å²) in [5.41, 5.74) is 3.21. The number of hydrogen-bond acceptors (Lipinski definition) is 4. The van der Waals surface area contributed by atoms with Crippen LogP contribution in [0.3, 0.4) is 0 Å². The van der Waals surface area contributed by atoms with Crippen LogP contribution in [0.2, 0.25) is 0 Å². The van der Waals surface area contributed by atoms with Gasteiger partial charge >= 0.3 is 0 Å². The SMILES string of the molecule is CCNC(=NCCc1ccc(C)nc1)N1CCN(Cc2ccc(OC)c(F)c2)CC1. The summed E-state index contributed by atoms with van der Waals surface area (Å²) in [5, 5.41) is 3.41. The molecule has 162 valence electrons. The third-order valence-corrected chi connectivity index (χ3v) is 5.26. The number of halogens is 1. The molecule has 0 unspecified atom stereocenters. The standard InChI is InChI=1S/C23H32FN5O/c1-4-25-23(26-10-9-19-6-5-18(2)27-16-19)29-13-11-28(12-14-29)17-20-7-8-22(30-3)21(24)15-20/h5-8,15-16H,4,9-14,17H2,1-3H3,(H,25,26). The minimum Gasteiger partial charge on any atom is -0.494 e. The van der Waals surface area contributed by atoms with Crippen LogP contribution in [-0.4, -0.2) is 67.1 Å². The summed E-state index contributed by atoms with van der Waals surface area (Å²) < 4.78 is 18.9. The van der Waals surface area contributed by atoms with Gasteiger partial charge in [-0.3, -0.25) is 14.9 Å². The van der Waals surface area contributed by atoms with Crippen molar-refractivity contribution in [2.75, 3.05) is 46.4 Å². The number of pyridine rings is 1. The van der Waals surface area contributed by atoms with Crippen molar-refractivity contribution in [2.45, 2.75) is 26.8 Å².